The van der Waals surface area contributed by atoms with Crippen LogP contribution in [0.4, 0.5) is 0 Å². The van der Waals surface area contributed by atoms with Gasteiger partial charge >= 0.3 is 11.9 Å². The second-order valence-corrected chi connectivity index (χ2v) is 34.2. The van der Waals surface area contributed by atoms with E-state index in [2.05, 4.69) is 114 Å². The number of fused-ring (bicyclic) bond motifs is 12. The Kier molecular flexibility index (Phi) is 16.6. The van der Waals surface area contributed by atoms with Gasteiger partial charge in [-0.15, -0.1) is 0 Å². The highest BCUT2D eigenvalue weighted by Gasteiger charge is 2.68. The van der Waals surface area contributed by atoms with Gasteiger partial charge in [-0.1, -0.05) is 152 Å². The van der Waals surface area contributed by atoms with Crippen LogP contribution in [0, 0.1) is 59.2 Å². The maximum Gasteiger partial charge on any atom is 0.317 e. The second-order valence-electron chi connectivity index (χ2n) is 29.0. The van der Waals surface area contributed by atoms with Gasteiger partial charge in [-0.05, 0) is 224 Å². The lowest BCUT2D eigenvalue weighted by atomic mass is 9.38. The minimum absolute atomic E-state index is 0.00433. The number of nitrogens with one attached hydrogen (secondary N) is 1. The molecule has 3 heterocycles. The van der Waals surface area contributed by atoms with Gasteiger partial charge < -0.3 is 49.8 Å². The third kappa shape index (κ3) is 10.9. The number of carbonyl (C=O) groups is 2. The normalized spacial score (nSPS) is 32.5. The molecule has 12 nitrogen and oxygen atoms in total. The number of rotatable bonds is 3. The zero-order chi connectivity index (χ0) is 66.0. The number of ether oxygens (including phenoxy) is 4. The molecule has 8 aromatic carbocycles. The Morgan fingerprint density at radius 2 is 1.55 bits per heavy atom. The molecule has 0 aromatic heterocycles. The number of methoxy groups -OCH3 is 1. The Balaban J connectivity index is 0.908. The summed E-state index contributed by atoms with van der Waals surface area (Å²) in [4.78, 5) is 32.1. The summed E-state index contributed by atoms with van der Waals surface area (Å²) < 4.78 is 27.2. The van der Waals surface area contributed by atoms with Crippen LogP contribution in [0.2, 0.25) is 0 Å². The molecular formula is C81H79NO11S4. The van der Waals surface area contributed by atoms with Crippen LogP contribution in [0.15, 0.2) is 146 Å². The van der Waals surface area contributed by atoms with Crippen molar-refractivity contribution in [3.05, 3.63) is 196 Å². The third-order valence-corrected chi connectivity index (χ3v) is 29.5. The number of hydrogen-bond acceptors (Lipinski definition) is 16. The fourth-order valence-electron chi connectivity index (χ4n) is 20.4. The highest BCUT2D eigenvalue weighted by molar-refractivity contribution is 8.77. The van der Waals surface area contributed by atoms with Gasteiger partial charge in [0.25, 0.3) is 0 Å². The van der Waals surface area contributed by atoms with E-state index in [0.717, 1.165) is 90.2 Å². The van der Waals surface area contributed by atoms with E-state index in [1.54, 1.807) is 30.0 Å². The first kappa shape index (κ1) is 63.5. The van der Waals surface area contributed by atoms with Crippen molar-refractivity contribution in [2.24, 2.45) is 47.3 Å². The maximum atomic E-state index is 17.8. The summed E-state index contributed by atoms with van der Waals surface area (Å²) in [6.07, 6.45) is 1.69. The summed E-state index contributed by atoms with van der Waals surface area (Å²) in [7, 11) is 8.37. The van der Waals surface area contributed by atoms with Crippen molar-refractivity contribution >= 4 is 76.7 Å². The van der Waals surface area contributed by atoms with E-state index in [-0.39, 0.29) is 83.3 Å². The van der Waals surface area contributed by atoms with Gasteiger partial charge in [0, 0.05) is 66.4 Å². The van der Waals surface area contributed by atoms with Gasteiger partial charge in [-0.2, -0.15) is 0 Å². The number of carbonyl (C=O) groups excluding carboxylic acids is 2. The number of esters is 2. The molecule has 16 heteroatoms. The first-order valence-corrected chi connectivity index (χ1v) is 39.3. The number of phenols is 3. The zero-order valence-corrected chi connectivity index (χ0v) is 57.5. The fraction of sp³-hybridized carbons (Fsp3) is 0.407. The molecule has 4 saturated carbocycles. The predicted molar refractivity (Wildman–Crippen MR) is 385 cm³/mol. The van der Waals surface area contributed by atoms with Crippen LogP contribution >= 0.6 is 43.2 Å². The molecule has 0 amide bonds. The van der Waals surface area contributed by atoms with E-state index in [1.165, 1.54) is 28.8 Å². The molecule has 0 unspecified atom stereocenters. The Morgan fingerprint density at radius 3 is 2.41 bits per heavy atom. The average molecular weight is 1370 g/mol. The monoisotopic (exact) mass is 1370 g/mol. The molecule has 3 aliphatic heterocycles. The molecule has 8 aromatic rings. The van der Waals surface area contributed by atoms with Crippen molar-refractivity contribution < 1.29 is 54.1 Å². The van der Waals surface area contributed by atoms with Crippen LogP contribution in [0.5, 0.6) is 28.7 Å². The molecule has 0 radical (unpaired) electrons. The number of aliphatic hydroxyl groups is 2. The molecule has 498 valence electrons. The van der Waals surface area contributed by atoms with Crippen LogP contribution in [0.25, 0.3) is 32.7 Å². The first-order chi connectivity index (χ1) is 47.2. The minimum Gasteiger partial charge on any atom is -0.508 e. The SMILES string of the molecule is COc1cc2c(cc1O)[C@H]1C[C@@H](O)[C@@H]3Cc4cc(O)c5cc4[C@@H]4C[C@@H](C[C@@H](OC(C)=O)[C@@H](C2)[C@]1(c1ccc2ccccc2c1)[C@H]34)OC(=O)[C@@]12C[C@@H](CSS[C@H](O)CO5)[C@H]3[C@@H]4C#C[C@@H](CNCc5cccc(c5)-c5cc(O)cc6ccc1cc56)Cc1ccccc1CSS[C@H]3CC[C@@H]42. The van der Waals surface area contributed by atoms with E-state index < -0.39 is 70.1 Å². The molecule has 6 N–H and O–H groups in total. The first-order valence-electron chi connectivity index (χ1n) is 34.6. The Labute approximate surface area is 581 Å². The molecule has 97 heavy (non-hydrogen) atoms. The topological polar surface area (TPSA) is 184 Å². The van der Waals surface area contributed by atoms with Gasteiger partial charge in [-0.3, -0.25) is 9.59 Å². The summed E-state index contributed by atoms with van der Waals surface area (Å²) in [6, 6.07) is 49.9. The largest absolute Gasteiger partial charge is 0.508 e. The van der Waals surface area contributed by atoms with Crippen LogP contribution in [0.1, 0.15) is 107 Å². The van der Waals surface area contributed by atoms with Crippen molar-refractivity contribution in [2.45, 2.75) is 129 Å². The van der Waals surface area contributed by atoms with Gasteiger partial charge in [0.05, 0.1) is 18.6 Å². The van der Waals surface area contributed by atoms with E-state index in [0.29, 0.717) is 56.7 Å². The molecule has 0 saturated heterocycles. The second kappa shape index (κ2) is 25.3. The van der Waals surface area contributed by atoms with Gasteiger partial charge in [0.1, 0.15) is 30.0 Å². The van der Waals surface area contributed by atoms with Gasteiger partial charge in [0.15, 0.2) is 23.0 Å². The van der Waals surface area contributed by atoms with Crippen molar-refractivity contribution in [3.63, 3.8) is 0 Å². The Bertz CT molecular complexity index is 4530. The molecule has 9 aliphatic rings. The average Bonchev–Trinajstić information content (AvgIpc) is 0.721. The molecule has 15 bridgehead atoms. The van der Waals surface area contributed by atoms with Crippen molar-refractivity contribution in [2.75, 3.05) is 26.0 Å². The molecular weight excluding hydrogens is 1290 g/mol. The van der Waals surface area contributed by atoms with Crippen molar-refractivity contribution in [3.8, 4) is 51.7 Å². The van der Waals surface area contributed by atoms with Gasteiger partial charge in [0.2, 0.25) is 0 Å². The zero-order valence-electron chi connectivity index (χ0n) is 54.2. The van der Waals surface area contributed by atoms with Crippen LogP contribution in [-0.2, 0) is 61.5 Å². The summed E-state index contributed by atoms with van der Waals surface area (Å²) in [5.74, 6) is 6.43. The molecule has 4 fully saturated rings. The molecule has 17 rings (SSSR count). The summed E-state index contributed by atoms with van der Waals surface area (Å²) in [5, 5.41) is 68.9. The van der Waals surface area contributed by atoms with E-state index >= 15 is 4.79 Å². The standard InChI is InChI=1S/C81H79NO11S4/c1-43(83)92-72-33-58-32-64-62-35-74(70(86)28-52(62)26-65-69(85)36-67-63-34-71(87)73(90-2)29-53(63)27-68(72)81(67,78(64)65)56-18-15-46-9-3-4-11-48(46)24-56)91-40-76(88)97-95-42-54-37-80(79(89)93-58)55-17-16-50-25-57(84)31-61(60(50)30-55)49-13-7-8-44(23-49)38-82-39-45-14-19-59-66(80)20-21-75(77(54)59)96-94-41-51-12-6-5-10-47(51)22-45/h3-13,15-18,23-25,28-31,34-35,45,54,58-59,64-69,72,75-78,82,84-88H,20-22,26-27,32-33,36-42H2,1-2H3/t45-,54+,58+,59-,64+,65+,66+,67-,68-,69-,72-,75+,76+,77+,78+,80+,81-/m1/s1. The van der Waals surface area contributed by atoms with Gasteiger partial charge in [-0.25, -0.2) is 0 Å². The lowest BCUT2D eigenvalue weighted by Crippen LogP contribution is -2.65. The predicted octanol–water partition coefficient (Wildman–Crippen LogP) is 14.9. The van der Waals surface area contributed by atoms with E-state index in [1.807, 2.05) is 58.0 Å². The molecule has 17 atom stereocenters. The highest BCUT2D eigenvalue weighted by atomic mass is 33.1. The number of phenolic OH excluding ortho intramolecular Hbond substituents is 3. The Hall–Kier alpha value is -6.94. The van der Waals surface area contributed by atoms with Crippen molar-refractivity contribution in [1.82, 2.24) is 5.32 Å². The number of aliphatic hydroxyl groups excluding tert-OH is 2. The molecule has 6 aliphatic carbocycles. The van der Waals surface area contributed by atoms with Crippen LogP contribution < -0.4 is 14.8 Å². The summed E-state index contributed by atoms with van der Waals surface area (Å²) >= 11 is 0. The summed E-state index contributed by atoms with van der Waals surface area (Å²) in [5.41, 5.74) is 7.73. The third-order valence-electron chi connectivity index (χ3n) is 24.1. The lowest BCUT2D eigenvalue weighted by Gasteiger charge is -2.66. The minimum atomic E-state index is -1.31. The lowest BCUT2D eigenvalue weighted by molar-refractivity contribution is -0.178. The maximum absolute atomic E-state index is 17.8. The van der Waals surface area contributed by atoms with E-state index in [4.69, 9.17) is 18.9 Å². The highest BCUT2D eigenvalue weighted by Crippen LogP contribution is 2.70. The number of aromatic hydroxyl groups is 3. The van der Waals surface area contributed by atoms with Crippen LogP contribution in [-0.4, -0.2) is 92.5 Å². The number of benzene rings is 8. The smallest absolute Gasteiger partial charge is 0.317 e. The Morgan fingerprint density at radius 1 is 0.722 bits per heavy atom. The number of hydrogen-bond donors (Lipinski definition) is 6. The van der Waals surface area contributed by atoms with E-state index in [9.17, 15) is 30.3 Å². The van der Waals surface area contributed by atoms with Crippen molar-refractivity contribution in [1.29, 1.82) is 0 Å². The fourth-order valence-corrected chi connectivity index (χ4v) is 25.8. The summed E-state index contributed by atoms with van der Waals surface area (Å²) in [6.45, 7) is 2.61. The van der Waals surface area contributed by atoms with Crippen LogP contribution in [0.3, 0.4) is 0 Å². The molecule has 1 spiro atoms. The quantitative estimate of drug-likeness (QED) is 0.0557.